The van der Waals surface area contributed by atoms with Crippen LogP contribution in [0.4, 0.5) is 0 Å². The van der Waals surface area contributed by atoms with E-state index in [1.807, 2.05) is 70.4 Å². The third-order valence-electron chi connectivity index (χ3n) is 5.81. The molecule has 1 aliphatic rings. The predicted octanol–water partition coefficient (Wildman–Crippen LogP) is 3.48. The highest BCUT2D eigenvalue weighted by Gasteiger charge is 2.26. The number of carbonyl (C=O) groups is 2. The van der Waals surface area contributed by atoms with Gasteiger partial charge in [0.15, 0.2) is 0 Å². The number of piperidine rings is 1. The minimum atomic E-state index is -0.0284. The first-order chi connectivity index (χ1) is 15.7. The molecule has 1 fully saturated rings. The third-order valence-corrected chi connectivity index (χ3v) is 5.81. The van der Waals surface area contributed by atoms with E-state index in [1.54, 1.807) is 12.3 Å². The van der Waals surface area contributed by atoms with Gasteiger partial charge in [0.2, 0.25) is 11.8 Å². The smallest absolute Gasteiger partial charge is 0.246 e. The summed E-state index contributed by atoms with van der Waals surface area (Å²) in [6.07, 6.45) is 9.31. The summed E-state index contributed by atoms with van der Waals surface area (Å²) in [6, 6.07) is 19.9. The molecule has 0 radical (unpaired) electrons. The van der Waals surface area contributed by atoms with E-state index in [4.69, 9.17) is 0 Å². The number of hydrogen-bond donors (Lipinski definition) is 1. The van der Waals surface area contributed by atoms with Gasteiger partial charge >= 0.3 is 0 Å². The molecule has 6 nitrogen and oxygen atoms in total. The molecule has 1 N–H and O–H groups in total. The Bertz CT molecular complexity index is 1040. The summed E-state index contributed by atoms with van der Waals surface area (Å²) in [7, 11) is 0. The van der Waals surface area contributed by atoms with Crippen molar-refractivity contribution >= 4 is 17.9 Å². The van der Waals surface area contributed by atoms with Crippen molar-refractivity contribution in [3.05, 3.63) is 90.3 Å². The monoisotopic (exact) mass is 428 g/mol. The molecule has 32 heavy (non-hydrogen) atoms. The van der Waals surface area contributed by atoms with Crippen molar-refractivity contribution in [3.63, 3.8) is 0 Å². The Morgan fingerprint density at radius 1 is 1.00 bits per heavy atom. The third kappa shape index (κ3) is 5.72. The Morgan fingerprint density at radius 3 is 2.44 bits per heavy atom. The predicted molar refractivity (Wildman–Crippen MR) is 125 cm³/mol. The van der Waals surface area contributed by atoms with Gasteiger partial charge in [0.1, 0.15) is 0 Å². The number of amides is 2. The molecule has 0 unspecified atom stereocenters. The molecule has 2 heterocycles. The van der Waals surface area contributed by atoms with Crippen LogP contribution in [0.2, 0.25) is 0 Å². The molecule has 0 atom stereocenters. The molecule has 2 amide bonds. The van der Waals surface area contributed by atoms with Gasteiger partial charge in [-0.3, -0.25) is 9.59 Å². The molecule has 3 aromatic rings. The fraction of sp³-hybridized carbons (Fsp3) is 0.269. The first-order valence-corrected chi connectivity index (χ1v) is 11.1. The molecule has 1 saturated heterocycles. The molecule has 1 aromatic heterocycles. The number of benzene rings is 2. The van der Waals surface area contributed by atoms with Gasteiger partial charge in [-0.05, 0) is 54.7 Å². The number of aromatic nitrogens is 2. The maximum Gasteiger partial charge on any atom is 0.246 e. The van der Waals surface area contributed by atoms with E-state index in [9.17, 15) is 9.59 Å². The van der Waals surface area contributed by atoms with Gasteiger partial charge in [-0.2, -0.15) is 5.10 Å². The van der Waals surface area contributed by atoms with Crippen LogP contribution in [0.15, 0.2) is 79.1 Å². The van der Waals surface area contributed by atoms with Gasteiger partial charge < -0.3 is 10.2 Å². The number of likely N-dealkylation sites (tertiary alicyclic amines) is 1. The zero-order valence-electron chi connectivity index (χ0n) is 18.1. The van der Waals surface area contributed by atoms with Crippen LogP contribution in [-0.2, 0) is 16.0 Å². The lowest BCUT2D eigenvalue weighted by atomic mass is 9.95. The summed E-state index contributed by atoms with van der Waals surface area (Å²) in [5.74, 6) is 0.0655. The van der Waals surface area contributed by atoms with E-state index in [0.717, 1.165) is 17.7 Å². The Balaban J connectivity index is 1.18. The van der Waals surface area contributed by atoms with E-state index in [0.29, 0.717) is 32.5 Å². The molecular formula is C26H28N4O2. The number of nitrogens with zero attached hydrogens (tertiary/aromatic N) is 3. The fourth-order valence-corrected chi connectivity index (χ4v) is 3.91. The summed E-state index contributed by atoms with van der Waals surface area (Å²) >= 11 is 0. The summed E-state index contributed by atoms with van der Waals surface area (Å²) in [5.41, 5.74) is 3.20. The van der Waals surface area contributed by atoms with E-state index in [1.165, 1.54) is 5.56 Å². The minimum Gasteiger partial charge on any atom is -0.356 e. The van der Waals surface area contributed by atoms with Crippen LogP contribution in [0.3, 0.4) is 0 Å². The SMILES string of the molecule is O=C(NCCc1ccc(-n2cccn2)cc1)C1CCN(C(=O)/C=C/c2ccccc2)CC1. The molecule has 164 valence electrons. The molecular weight excluding hydrogens is 400 g/mol. The normalized spacial score (nSPS) is 14.6. The average Bonchev–Trinajstić information content (AvgIpc) is 3.39. The fourth-order valence-electron chi connectivity index (χ4n) is 3.91. The second kappa shape index (κ2) is 10.6. The van der Waals surface area contributed by atoms with Crippen LogP contribution in [0.5, 0.6) is 0 Å². The summed E-state index contributed by atoms with van der Waals surface area (Å²) in [5, 5.41) is 7.28. The molecule has 0 saturated carbocycles. The number of carbonyl (C=O) groups excluding carboxylic acids is 2. The Hall–Kier alpha value is -3.67. The van der Waals surface area contributed by atoms with Gasteiger partial charge in [-0.1, -0.05) is 42.5 Å². The zero-order valence-corrected chi connectivity index (χ0v) is 18.1. The molecule has 0 spiro atoms. The topological polar surface area (TPSA) is 67.2 Å². The van der Waals surface area contributed by atoms with E-state index in [2.05, 4.69) is 22.5 Å². The van der Waals surface area contributed by atoms with Crippen LogP contribution in [0.25, 0.3) is 11.8 Å². The van der Waals surface area contributed by atoms with Gasteiger partial charge in [-0.25, -0.2) is 4.68 Å². The van der Waals surface area contributed by atoms with Gasteiger partial charge in [0, 0.05) is 44.0 Å². The highest BCUT2D eigenvalue weighted by atomic mass is 16.2. The lowest BCUT2D eigenvalue weighted by Gasteiger charge is -2.30. The van der Waals surface area contributed by atoms with Gasteiger partial charge in [-0.15, -0.1) is 0 Å². The van der Waals surface area contributed by atoms with Crippen LogP contribution in [0.1, 0.15) is 24.0 Å². The second-order valence-electron chi connectivity index (χ2n) is 8.00. The maximum absolute atomic E-state index is 12.5. The largest absolute Gasteiger partial charge is 0.356 e. The van der Waals surface area contributed by atoms with Crippen molar-refractivity contribution in [1.82, 2.24) is 20.0 Å². The van der Waals surface area contributed by atoms with Crippen molar-refractivity contribution in [2.24, 2.45) is 5.92 Å². The molecule has 4 rings (SSSR count). The summed E-state index contributed by atoms with van der Waals surface area (Å²) in [6.45, 7) is 1.84. The lowest BCUT2D eigenvalue weighted by Crippen LogP contribution is -2.42. The molecule has 2 aromatic carbocycles. The Kier molecular flexibility index (Phi) is 7.12. The summed E-state index contributed by atoms with van der Waals surface area (Å²) < 4.78 is 1.82. The van der Waals surface area contributed by atoms with Crippen LogP contribution < -0.4 is 5.32 Å². The van der Waals surface area contributed by atoms with E-state index >= 15 is 0 Å². The molecule has 0 bridgehead atoms. The number of rotatable bonds is 7. The Labute approximate surface area is 188 Å². The standard InChI is InChI=1S/C26H28N4O2/c31-25(12-9-21-5-2-1-3-6-21)29-19-14-23(15-20-29)26(32)27-17-13-22-7-10-24(11-8-22)30-18-4-16-28-30/h1-12,16,18,23H,13-15,17,19-20H2,(H,27,32)/b12-9+. The Morgan fingerprint density at radius 2 is 1.75 bits per heavy atom. The van der Waals surface area contributed by atoms with Crippen LogP contribution >= 0.6 is 0 Å². The lowest BCUT2D eigenvalue weighted by molar-refractivity contribution is -0.132. The highest BCUT2D eigenvalue weighted by molar-refractivity contribution is 5.92. The quantitative estimate of drug-likeness (QED) is 0.586. The molecule has 6 heteroatoms. The van der Waals surface area contributed by atoms with Crippen LogP contribution in [0, 0.1) is 5.92 Å². The number of nitrogens with one attached hydrogen (secondary N) is 1. The maximum atomic E-state index is 12.5. The van der Waals surface area contributed by atoms with Crippen molar-refractivity contribution in [1.29, 1.82) is 0 Å². The first kappa shape index (κ1) is 21.6. The zero-order chi connectivity index (χ0) is 22.2. The first-order valence-electron chi connectivity index (χ1n) is 11.1. The summed E-state index contributed by atoms with van der Waals surface area (Å²) in [4.78, 5) is 26.8. The van der Waals surface area contributed by atoms with Crippen LogP contribution in [-0.4, -0.2) is 46.1 Å². The average molecular weight is 429 g/mol. The van der Waals surface area contributed by atoms with Crippen molar-refractivity contribution < 1.29 is 9.59 Å². The minimum absolute atomic E-state index is 0.00581. The van der Waals surface area contributed by atoms with E-state index in [-0.39, 0.29) is 17.7 Å². The highest BCUT2D eigenvalue weighted by Crippen LogP contribution is 2.18. The van der Waals surface area contributed by atoms with E-state index < -0.39 is 0 Å². The van der Waals surface area contributed by atoms with Gasteiger partial charge in [0.05, 0.1) is 5.69 Å². The van der Waals surface area contributed by atoms with Crippen molar-refractivity contribution in [2.75, 3.05) is 19.6 Å². The number of hydrogen-bond acceptors (Lipinski definition) is 3. The molecule has 0 aliphatic carbocycles. The molecule has 1 aliphatic heterocycles. The van der Waals surface area contributed by atoms with Crippen molar-refractivity contribution in [3.8, 4) is 5.69 Å². The second-order valence-corrected chi connectivity index (χ2v) is 8.00. The van der Waals surface area contributed by atoms with Crippen molar-refractivity contribution in [2.45, 2.75) is 19.3 Å². The van der Waals surface area contributed by atoms with Gasteiger partial charge in [0.25, 0.3) is 0 Å².